The molecular weight excluding hydrogens is 276 g/mol. The van der Waals surface area contributed by atoms with Crippen molar-refractivity contribution in [1.82, 2.24) is 5.32 Å². The van der Waals surface area contributed by atoms with E-state index in [0.29, 0.717) is 24.7 Å². The molecule has 5 heteroatoms. The topological polar surface area (TPSA) is 38.3 Å². The van der Waals surface area contributed by atoms with Crippen molar-refractivity contribution in [3.63, 3.8) is 0 Å². The van der Waals surface area contributed by atoms with Gasteiger partial charge in [-0.3, -0.25) is 0 Å². The van der Waals surface area contributed by atoms with Crippen LogP contribution >= 0.6 is 0 Å². The van der Waals surface area contributed by atoms with Crippen molar-refractivity contribution < 1.29 is 18.3 Å². The molecule has 0 aliphatic heterocycles. The predicted molar refractivity (Wildman–Crippen MR) is 78.1 cm³/mol. The molecule has 1 aromatic carbocycles. The van der Waals surface area contributed by atoms with Gasteiger partial charge in [-0.25, -0.2) is 13.6 Å². The van der Waals surface area contributed by atoms with Crippen molar-refractivity contribution in [3.8, 4) is 0 Å². The number of carbonyl (C=O) groups is 1. The second kappa shape index (κ2) is 7.76. The van der Waals surface area contributed by atoms with Gasteiger partial charge in [-0.2, -0.15) is 0 Å². The molecule has 1 N–H and O–H groups in total. The molecule has 0 unspecified atom stereocenters. The number of nitrogens with one attached hydrogen (secondary N) is 1. The second-order valence-corrected chi connectivity index (χ2v) is 5.75. The number of rotatable bonds is 5. The summed E-state index contributed by atoms with van der Waals surface area (Å²) in [4.78, 5) is 11.5. The number of hydrogen-bond acceptors (Lipinski definition) is 2. The Labute approximate surface area is 124 Å². The molecule has 0 spiro atoms. The summed E-state index contributed by atoms with van der Waals surface area (Å²) < 4.78 is 30.9. The van der Waals surface area contributed by atoms with Crippen LogP contribution in [0.1, 0.15) is 32.8 Å². The number of benzene rings is 1. The highest BCUT2D eigenvalue weighted by molar-refractivity contribution is 5.68. The summed E-state index contributed by atoms with van der Waals surface area (Å²) >= 11 is 0. The van der Waals surface area contributed by atoms with Crippen molar-refractivity contribution in [3.05, 3.63) is 47.5 Å². The number of hydrogen-bond donors (Lipinski definition) is 1. The number of ether oxygens (including phenoxy) is 1. The van der Waals surface area contributed by atoms with Gasteiger partial charge < -0.3 is 10.1 Å². The highest BCUT2D eigenvalue weighted by atomic mass is 19.1. The first kappa shape index (κ1) is 17.1. The molecule has 1 amide bonds. The van der Waals surface area contributed by atoms with Crippen LogP contribution in [0.4, 0.5) is 13.6 Å². The Bertz CT molecular complexity index is 507. The molecule has 21 heavy (non-hydrogen) atoms. The minimum atomic E-state index is -0.592. The Morgan fingerprint density at radius 1 is 1.38 bits per heavy atom. The molecule has 0 aliphatic rings. The molecule has 116 valence electrons. The van der Waals surface area contributed by atoms with E-state index in [1.165, 1.54) is 12.1 Å². The number of amides is 1. The SMILES string of the molecule is CC(C)(C)OC(=O)NCC(=CF)CCc1cccc(F)c1. The molecule has 1 aromatic rings. The Morgan fingerprint density at radius 3 is 2.67 bits per heavy atom. The van der Waals surface area contributed by atoms with Gasteiger partial charge in [0.25, 0.3) is 0 Å². The van der Waals surface area contributed by atoms with Crippen LogP contribution in [0, 0.1) is 5.82 Å². The summed E-state index contributed by atoms with van der Waals surface area (Å²) in [6, 6.07) is 6.17. The molecule has 0 bridgehead atoms. The van der Waals surface area contributed by atoms with Crippen molar-refractivity contribution in [2.75, 3.05) is 6.54 Å². The minimum absolute atomic E-state index is 0.0702. The maximum atomic E-state index is 13.0. The van der Waals surface area contributed by atoms with E-state index in [-0.39, 0.29) is 12.4 Å². The van der Waals surface area contributed by atoms with E-state index in [4.69, 9.17) is 4.74 Å². The van der Waals surface area contributed by atoms with E-state index < -0.39 is 11.7 Å². The van der Waals surface area contributed by atoms with E-state index in [1.54, 1.807) is 32.9 Å². The molecule has 0 radical (unpaired) electrons. The maximum Gasteiger partial charge on any atom is 0.407 e. The largest absolute Gasteiger partial charge is 0.444 e. The normalized spacial score (nSPS) is 12.1. The van der Waals surface area contributed by atoms with Crippen LogP contribution < -0.4 is 5.32 Å². The smallest absolute Gasteiger partial charge is 0.407 e. The molecule has 3 nitrogen and oxygen atoms in total. The Morgan fingerprint density at radius 2 is 2.10 bits per heavy atom. The molecule has 0 aliphatic carbocycles. The van der Waals surface area contributed by atoms with E-state index in [1.807, 2.05) is 0 Å². The highest BCUT2D eigenvalue weighted by Crippen LogP contribution is 2.11. The minimum Gasteiger partial charge on any atom is -0.444 e. The van der Waals surface area contributed by atoms with Crippen LogP contribution in [0.15, 0.2) is 36.2 Å². The van der Waals surface area contributed by atoms with Crippen molar-refractivity contribution in [2.24, 2.45) is 0 Å². The van der Waals surface area contributed by atoms with Crippen LogP contribution in [0.2, 0.25) is 0 Å². The van der Waals surface area contributed by atoms with Crippen LogP contribution in [0.3, 0.4) is 0 Å². The monoisotopic (exact) mass is 297 g/mol. The summed E-state index contributed by atoms with van der Waals surface area (Å²) in [5.41, 5.74) is 0.613. The van der Waals surface area contributed by atoms with Gasteiger partial charge in [-0.1, -0.05) is 12.1 Å². The first-order valence-corrected chi connectivity index (χ1v) is 6.79. The molecule has 0 heterocycles. The van der Waals surface area contributed by atoms with Gasteiger partial charge in [0.2, 0.25) is 0 Å². The number of halogens is 2. The Hall–Kier alpha value is -1.91. The van der Waals surface area contributed by atoms with Crippen LogP contribution in [0.5, 0.6) is 0 Å². The third kappa shape index (κ3) is 7.44. The molecule has 0 aromatic heterocycles. The van der Waals surface area contributed by atoms with Gasteiger partial charge in [0, 0.05) is 6.54 Å². The van der Waals surface area contributed by atoms with E-state index in [0.717, 1.165) is 5.56 Å². The average molecular weight is 297 g/mol. The lowest BCUT2D eigenvalue weighted by atomic mass is 10.1. The number of alkyl carbamates (subject to hydrolysis) is 1. The van der Waals surface area contributed by atoms with Crippen molar-refractivity contribution in [1.29, 1.82) is 0 Å². The fraction of sp³-hybridized carbons (Fsp3) is 0.438. The van der Waals surface area contributed by atoms with Crippen molar-refractivity contribution >= 4 is 6.09 Å². The van der Waals surface area contributed by atoms with E-state index >= 15 is 0 Å². The third-order valence-electron chi connectivity index (χ3n) is 2.64. The fourth-order valence-corrected chi connectivity index (χ4v) is 1.68. The lowest BCUT2D eigenvalue weighted by Gasteiger charge is -2.20. The molecule has 0 saturated carbocycles. The molecule has 0 fully saturated rings. The van der Waals surface area contributed by atoms with Crippen LogP contribution in [-0.4, -0.2) is 18.2 Å². The summed E-state index contributed by atoms with van der Waals surface area (Å²) in [5, 5.41) is 2.49. The zero-order chi connectivity index (χ0) is 15.9. The van der Waals surface area contributed by atoms with E-state index in [2.05, 4.69) is 5.32 Å². The van der Waals surface area contributed by atoms with Crippen molar-refractivity contribution in [2.45, 2.75) is 39.2 Å². The Kier molecular flexibility index (Phi) is 6.34. The van der Waals surface area contributed by atoms with Gasteiger partial charge in [0.05, 0.1) is 6.33 Å². The standard InChI is InChI=1S/C16H21F2NO2/c1-16(2,3)21-15(20)19-11-13(10-17)8-7-12-5-4-6-14(18)9-12/h4-6,9-10H,7-8,11H2,1-3H3,(H,19,20). The van der Waals surface area contributed by atoms with E-state index in [9.17, 15) is 13.6 Å². The fourth-order valence-electron chi connectivity index (χ4n) is 1.68. The lowest BCUT2D eigenvalue weighted by molar-refractivity contribution is 0.0532. The molecular formula is C16H21F2NO2. The summed E-state index contributed by atoms with van der Waals surface area (Å²) in [5.74, 6) is -0.315. The maximum absolute atomic E-state index is 13.0. The summed E-state index contributed by atoms with van der Waals surface area (Å²) in [6.45, 7) is 5.33. The van der Waals surface area contributed by atoms with Gasteiger partial charge >= 0.3 is 6.09 Å². The second-order valence-electron chi connectivity index (χ2n) is 5.75. The average Bonchev–Trinajstić information content (AvgIpc) is 2.37. The molecule has 0 atom stereocenters. The van der Waals surface area contributed by atoms with Crippen LogP contribution in [0.25, 0.3) is 0 Å². The van der Waals surface area contributed by atoms with Gasteiger partial charge in [-0.05, 0) is 56.9 Å². The first-order chi connectivity index (χ1) is 9.80. The number of aryl methyl sites for hydroxylation is 1. The summed E-state index contributed by atoms with van der Waals surface area (Å²) in [7, 11) is 0. The molecule has 1 rings (SSSR count). The highest BCUT2D eigenvalue weighted by Gasteiger charge is 2.15. The van der Waals surface area contributed by atoms with Crippen LogP contribution in [-0.2, 0) is 11.2 Å². The van der Waals surface area contributed by atoms with Gasteiger partial charge in [0.1, 0.15) is 11.4 Å². The first-order valence-electron chi connectivity index (χ1n) is 6.79. The zero-order valence-electron chi connectivity index (χ0n) is 12.6. The third-order valence-corrected chi connectivity index (χ3v) is 2.64. The van der Waals surface area contributed by atoms with Gasteiger partial charge in [-0.15, -0.1) is 0 Å². The zero-order valence-corrected chi connectivity index (χ0v) is 12.6. The quantitative estimate of drug-likeness (QED) is 0.887. The summed E-state index contributed by atoms with van der Waals surface area (Å²) in [6.07, 6.45) is 0.781. The molecule has 0 saturated heterocycles. The van der Waals surface area contributed by atoms with Gasteiger partial charge in [0.15, 0.2) is 0 Å². The predicted octanol–water partition coefficient (Wildman–Crippen LogP) is 4.14. The lowest BCUT2D eigenvalue weighted by Crippen LogP contribution is -2.33. The number of carbonyl (C=O) groups excluding carboxylic acids is 1. The Balaban J connectivity index is 2.41.